The number of amides is 3. The summed E-state index contributed by atoms with van der Waals surface area (Å²) < 4.78 is 4.52. The molecule has 0 aliphatic carbocycles. The highest BCUT2D eigenvalue weighted by molar-refractivity contribution is 5.84. The molecule has 3 amide bonds. The third-order valence-corrected chi connectivity index (χ3v) is 3.46. The van der Waals surface area contributed by atoms with Crippen LogP contribution in [0.4, 0.5) is 15.3 Å². The van der Waals surface area contributed by atoms with Crippen molar-refractivity contribution in [2.45, 2.75) is 52.1 Å². The SMILES string of the molecule is CCCCCC(C)NC(=O)NCc1ccc(NC(=O)OC)cc1. The topological polar surface area (TPSA) is 79.5 Å². The lowest BCUT2D eigenvalue weighted by atomic mass is 10.1. The van der Waals surface area contributed by atoms with Crippen molar-refractivity contribution in [2.75, 3.05) is 12.4 Å². The number of carbonyl (C=O) groups excluding carboxylic acids is 2. The minimum Gasteiger partial charge on any atom is -0.453 e. The molecule has 0 spiro atoms. The molecule has 0 saturated heterocycles. The molecule has 1 unspecified atom stereocenters. The molecule has 1 rings (SSSR count). The Bertz CT molecular complexity index is 488. The van der Waals surface area contributed by atoms with Crippen molar-refractivity contribution < 1.29 is 14.3 Å². The van der Waals surface area contributed by atoms with Crippen LogP contribution in [0, 0.1) is 0 Å². The number of hydrogen-bond donors (Lipinski definition) is 3. The zero-order valence-electron chi connectivity index (χ0n) is 14.1. The number of ether oxygens (including phenoxy) is 1. The van der Waals surface area contributed by atoms with Gasteiger partial charge in [0.15, 0.2) is 0 Å². The first-order valence-electron chi connectivity index (χ1n) is 8.03. The van der Waals surface area contributed by atoms with E-state index >= 15 is 0 Å². The summed E-state index contributed by atoms with van der Waals surface area (Å²) in [5.41, 5.74) is 1.60. The Hall–Kier alpha value is -2.24. The monoisotopic (exact) mass is 321 g/mol. The number of hydrogen-bond acceptors (Lipinski definition) is 3. The Balaban J connectivity index is 2.31. The van der Waals surface area contributed by atoms with Gasteiger partial charge in [0.05, 0.1) is 7.11 Å². The molecule has 0 saturated carbocycles. The number of benzene rings is 1. The number of anilines is 1. The molecular weight excluding hydrogens is 294 g/mol. The Kier molecular flexibility index (Phi) is 8.57. The first-order valence-corrected chi connectivity index (χ1v) is 8.03. The zero-order valence-corrected chi connectivity index (χ0v) is 14.1. The van der Waals surface area contributed by atoms with E-state index in [1.165, 1.54) is 20.0 Å². The van der Waals surface area contributed by atoms with Gasteiger partial charge in [-0.15, -0.1) is 0 Å². The van der Waals surface area contributed by atoms with Crippen LogP contribution in [0.15, 0.2) is 24.3 Å². The molecule has 0 radical (unpaired) electrons. The molecule has 0 aliphatic heterocycles. The van der Waals surface area contributed by atoms with Crippen LogP contribution in [0.1, 0.15) is 45.1 Å². The zero-order chi connectivity index (χ0) is 17.1. The Morgan fingerprint density at radius 1 is 1.17 bits per heavy atom. The highest BCUT2D eigenvalue weighted by Crippen LogP contribution is 2.09. The van der Waals surface area contributed by atoms with Crippen molar-refractivity contribution in [3.05, 3.63) is 29.8 Å². The Morgan fingerprint density at radius 3 is 2.48 bits per heavy atom. The van der Waals surface area contributed by atoms with Crippen molar-refractivity contribution in [1.29, 1.82) is 0 Å². The van der Waals surface area contributed by atoms with Gasteiger partial charge in [-0.2, -0.15) is 0 Å². The van der Waals surface area contributed by atoms with E-state index in [0.717, 1.165) is 18.4 Å². The third kappa shape index (κ3) is 8.09. The number of methoxy groups -OCH3 is 1. The number of rotatable bonds is 8. The lowest BCUT2D eigenvalue weighted by Gasteiger charge is -2.14. The van der Waals surface area contributed by atoms with E-state index in [1.807, 2.05) is 19.1 Å². The molecule has 1 aromatic carbocycles. The molecule has 1 atom stereocenters. The minimum absolute atomic E-state index is 0.161. The van der Waals surface area contributed by atoms with Crippen LogP contribution in [-0.2, 0) is 11.3 Å². The summed E-state index contributed by atoms with van der Waals surface area (Å²) in [5.74, 6) is 0. The Morgan fingerprint density at radius 2 is 1.87 bits per heavy atom. The van der Waals surface area contributed by atoms with Crippen molar-refractivity contribution in [3.8, 4) is 0 Å². The van der Waals surface area contributed by atoms with Gasteiger partial charge in [-0.3, -0.25) is 5.32 Å². The maximum Gasteiger partial charge on any atom is 0.411 e. The van der Waals surface area contributed by atoms with Gasteiger partial charge in [0.1, 0.15) is 0 Å². The van der Waals surface area contributed by atoms with Crippen LogP contribution in [0.3, 0.4) is 0 Å². The van der Waals surface area contributed by atoms with Crippen molar-refractivity contribution in [3.63, 3.8) is 0 Å². The minimum atomic E-state index is -0.507. The summed E-state index contributed by atoms with van der Waals surface area (Å²) in [5, 5.41) is 8.33. The first kappa shape index (κ1) is 18.8. The van der Waals surface area contributed by atoms with Crippen LogP contribution in [0.2, 0.25) is 0 Å². The smallest absolute Gasteiger partial charge is 0.411 e. The lowest BCUT2D eigenvalue weighted by molar-refractivity contribution is 0.187. The molecular formula is C17H27N3O3. The highest BCUT2D eigenvalue weighted by Gasteiger charge is 2.06. The number of nitrogens with one attached hydrogen (secondary N) is 3. The quantitative estimate of drug-likeness (QED) is 0.640. The van der Waals surface area contributed by atoms with E-state index in [-0.39, 0.29) is 12.1 Å². The summed E-state index contributed by atoms with van der Waals surface area (Å²) in [6.07, 6.45) is 3.99. The highest BCUT2D eigenvalue weighted by atomic mass is 16.5. The fourth-order valence-electron chi connectivity index (χ4n) is 2.10. The van der Waals surface area contributed by atoms with Gasteiger partial charge in [-0.1, -0.05) is 38.3 Å². The molecule has 0 aromatic heterocycles. The van der Waals surface area contributed by atoms with E-state index in [2.05, 4.69) is 27.6 Å². The number of unbranched alkanes of at least 4 members (excludes halogenated alkanes) is 2. The number of carbonyl (C=O) groups is 2. The van der Waals surface area contributed by atoms with Crippen molar-refractivity contribution in [2.24, 2.45) is 0 Å². The standard InChI is InChI=1S/C17H27N3O3/c1-4-5-6-7-13(2)19-16(21)18-12-14-8-10-15(11-9-14)20-17(22)23-3/h8-11,13H,4-7,12H2,1-3H3,(H,20,22)(H2,18,19,21). The molecule has 128 valence electrons. The molecule has 0 bridgehead atoms. The fourth-order valence-corrected chi connectivity index (χ4v) is 2.10. The second kappa shape index (κ2) is 10.5. The van der Waals surface area contributed by atoms with Gasteiger partial charge in [0, 0.05) is 18.3 Å². The van der Waals surface area contributed by atoms with Crippen LogP contribution in [0.5, 0.6) is 0 Å². The van der Waals surface area contributed by atoms with E-state index in [4.69, 9.17) is 0 Å². The van der Waals surface area contributed by atoms with Gasteiger partial charge in [0.2, 0.25) is 0 Å². The van der Waals surface area contributed by atoms with E-state index in [0.29, 0.717) is 12.2 Å². The lowest BCUT2D eigenvalue weighted by Crippen LogP contribution is -2.40. The predicted octanol–water partition coefficient (Wildman–Crippen LogP) is 3.63. The summed E-state index contributed by atoms with van der Waals surface area (Å²) in [7, 11) is 1.31. The maximum atomic E-state index is 11.8. The summed E-state index contributed by atoms with van der Waals surface area (Å²) >= 11 is 0. The maximum absolute atomic E-state index is 11.8. The molecule has 6 heteroatoms. The summed E-state index contributed by atoms with van der Waals surface area (Å²) in [4.78, 5) is 22.9. The molecule has 0 heterocycles. The van der Waals surface area contributed by atoms with E-state index in [9.17, 15) is 9.59 Å². The number of urea groups is 1. The average Bonchev–Trinajstić information content (AvgIpc) is 2.54. The molecule has 0 fully saturated rings. The van der Waals surface area contributed by atoms with E-state index < -0.39 is 6.09 Å². The summed E-state index contributed by atoms with van der Waals surface area (Å²) in [6.45, 7) is 4.62. The van der Waals surface area contributed by atoms with Crippen molar-refractivity contribution in [1.82, 2.24) is 10.6 Å². The van der Waals surface area contributed by atoms with Crippen LogP contribution >= 0.6 is 0 Å². The second-order valence-corrected chi connectivity index (χ2v) is 5.54. The van der Waals surface area contributed by atoms with Crippen LogP contribution in [0.25, 0.3) is 0 Å². The first-order chi connectivity index (χ1) is 11.0. The fraction of sp³-hybridized carbons (Fsp3) is 0.529. The third-order valence-electron chi connectivity index (χ3n) is 3.46. The molecule has 1 aromatic rings. The molecule has 6 nitrogen and oxygen atoms in total. The van der Waals surface area contributed by atoms with Gasteiger partial charge in [0.25, 0.3) is 0 Å². The van der Waals surface area contributed by atoms with Crippen molar-refractivity contribution >= 4 is 17.8 Å². The second-order valence-electron chi connectivity index (χ2n) is 5.54. The largest absolute Gasteiger partial charge is 0.453 e. The predicted molar refractivity (Wildman–Crippen MR) is 91.4 cm³/mol. The molecule has 23 heavy (non-hydrogen) atoms. The summed E-state index contributed by atoms with van der Waals surface area (Å²) in [6, 6.07) is 7.23. The molecule has 3 N–H and O–H groups in total. The van der Waals surface area contributed by atoms with Crippen LogP contribution < -0.4 is 16.0 Å². The average molecular weight is 321 g/mol. The van der Waals surface area contributed by atoms with Gasteiger partial charge in [-0.05, 0) is 31.0 Å². The van der Waals surface area contributed by atoms with E-state index in [1.54, 1.807) is 12.1 Å². The normalized spacial score (nSPS) is 11.4. The Labute approximate surface area is 138 Å². The van der Waals surface area contributed by atoms with Gasteiger partial charge >= 0.3 is 12.1 Å². The van der Waals surface area contributed by atoms with Gasteiger partial charge in [-0.25, -0.2) is 9.59 Å². The van der Waals surface area contributed by atoms with Gasteiger partial charge < -0.3 is 15.4 Å². The molecule has 0 aliphatic rings. The van der Waals surface area contributed by atoms with Crippen LogP contribution in [-0.4, -0.2) is 25.3 Å².